The summed E-state index contributed by atoms with van der Waals surface area (Å²) in [6, 6.07) is 14.3. The molecule has 28 heavy (non-hydrogen) atoms. The van der Waals surface area contributed by atoms with E-state index >= 15 is 0 Å². The van der Waals surface area contributed by atoms with Gasteiger partial charge in [0.05, 0.1) is 11.5 Å². The Bertz CT molecular complexity index is 886. The van der Waals surface area contributed by atoms with E-state index in [1.807, 2.05) is 30.3 Å². The second-order valence-corrected chi connectivity index (χ2v) is 8.15. The maximum atomic E-state index is 12.3. The number of nitrogens with zero attached hydrogens (tertiary/aromatic N) is 1. The Morgan fingerprint density at radius 3 is 2.39 bits per heavy atom. The van der Waals surface area contributed by atoms with Crippen molar-refractivity contribution in [2.75, 3.05) is 27.3 Å². The van der Waals surface area contributed by atoms with Crippen LogP contribution in [0.2, 0.25) is 5.02 Å². The zero-order valence-electron chi connectivity index (χ0n) is 15.9. The Hall–Kier alpha value is -2.13. The van der Waals surface area contributed by atoms with E-state index in [1.165, 1.54) is 7.11 Å². The van der Waals surface area contributed by atoms with E-state index in [1.54, 1.807) is 25.2 Å². The highest BCUT2D eigenvalue weighted by Gasteiger charge is 2.13. The first kappa shape index (κ1) is 22.2. The molecule has 0 saturated carbocycles. The van der Waals surface area contributed by atoms with Crippen LogP contribution in [0.5, 0.6) is 0 Å². The molecule has 0 heterocycles. The second-order valence-electron chi connectivity index (χ2n) is 5.94. The summed E-state index contributed by atoms with van der Waals surface area (Å²) < 4.78 is 32.0. The van der Waals surface area contributed by atoms with Gasteiger partial charge in [0.2, 0.25) is 10.0 Å². The minimum absolute atomic E-state index is 0.215. The summed E-state index contributed by atoms with van der Waals surface area (Å²) in [5.74, 6) is 0.612. The standard InChI is InChI=1S/C19H25ClN4O3S/c1-21-19(22-13-15-6-8-17(20)9-7-15)23-14-16-4-3-5-18(12-16)28(25,26)24-10-11-27-2/h3-9,12,24H,10-11,13-14H2,1-2H3,(H2,21,22,23). The number of halogens is 1. The lowest BCUT2D eigenvalue weighted by atomic mass is 10.2. The fourth-order valence-electron chi connectivity index (χ4n) is 2.38. The van der Waals surface area contributed by atoms with Gasteiger partial charge in [0.25, 0.3) is 0 Å². The van der Waals surface area contributed by atoms with Gasteiger partial charge in [-0.15, -0.1) is 0 Å². The van der Waals surface area contributed by atoms with Crippen molar-refractivity contribution >= 4 is 27.6 Å². The molecule has 0 radical (unpaired) electrons. The van der Waals surface area contributed by atoms with Gasteiger partial charge in [-0.05, 0) is 35.4 Å². The second kappa shape index (κ2) is 11.0. The highest BCUT2D eigenvalue weighted by Crippen LogP contribution is 2.11. The van der Waals surface area contributed by atoms with Crippen molar-refractivity contribution in [3.63, 3.8) is 0 Å². The highest BCUT2D eigenvalue weighted by atomic mass is 35.5. The molecule has 0 saturated heterocycles. The van der Waals surface area contributed by atoms with E-state index < -0.39 is 10.0 Å². The maximum absolute atomic E-state index is 12.3. The molecule has 0 spiro atoms. The third-order valence-corrected chi connectivity index (χ3v) is 5.57. The molecule has 0 atom stereocenters. The molecule has 2 aromatic carbocycles. The molecule has 2 aromatic rings. The number of methoxy groups -OCH3 is 1. The Labute approximate surface area is 171 Å². The first-order valence-electron chi connectivity index (χ1n) is 8.71. The molecular weight excluding hydrogens is 400 g/mol. The van der Waals surface area contributed by atoms with Crippen molar-refractivity contribution < 1.29 is 13.2 Å². The van der Waals surface area contributed by atoms with Gasteiger partial charge in [0.1, 0.15) is 0 Å². The minimum atomic E-state index is -3.56. The zero-order chi connectivity index (χ0) is 20.4. The van der Waals surface area contributed by atoms with E-state index in [-0.39, 0.29) is 11.4 Å². The maximum Gasteiger partial charge on any atom is 0.240 e. The lowest BCUT2D eigenvalue weighted by Crippen LogP contribution is -2.36. The third kappa shape index (κ3) is 7.12. The van der Waals surface area contributed by atoms with E-state index in [4.69, 9.17) is 16.3 Å². The van der Waals surface area contributed by atoms with Gasteiger partial charge in [-0.25, -0.2) is 13.1 Å². The topological polar surface area (TPSA) is 91.8 Å². The van der Waals surface area contributed by atoms with Crippen LogP contribution < -0.4 is 15.4 Å². The van der Waals surface area contributed by atoms with Crippen LogP contribution in [0.4, 0.5) is 0 Å². The number of rotatable bonds is 9. The predicted octanol–water partition coefficient (Wildman–Crippen LogP) is 2.13. The molecule has 0 unspecified atom stereocenters. The quantitative estimate of drug-likeness (QED) is 0.326. The first-order chi connectivity index (χ1) is 13.4. The monoisotopic (exact) mass is 424 g/mol. The fraction of sp³-hybridized carbons (Fsp3) is 0.316. The molecule has 7 nitrogen and oxygen atoms in total. The van der Waals surface area contributed by atoms with Crippen molar-refractivity contribution in [3.8, 4) is 0 Å². The third-order valence-electron chi connectivity index (χ3n) is 3.86. The van der Waals surface area contributed by atoms with Gasteiger partial charge < -0.3 is 15.4 Å². The summed E-state index contributed by atoms with van der Waals surface area (Å²) in [6.07, 6.45) is 0. The number of hydrogen-bond donors (Lipinski definition) is 3. The van der Waals surface area contributed by atoms with E-state index in [0.29, 0.717) is 30.7 Å². The number of hydrogen-bond acceptors (Lipinski definition) is 4. The molecule has 0 aliphatic carbocycles. The van der Waals surface area contributed by atoms with Gasteiger partial charge in [0.15, 0.2) is 5.96 Å². The van der Waals surface area contributed by atoms with Gasteiger partial charge in [0, 0.05) is 38.8 Å². The van der Waals surface area contributed by atoms with Crippen molar-refractivity contribution in [1.29, 1.82) is 0 Å². The summed E-state index contributed by atoms with van der Waals surface area (Å²) in [6.45, 7) is 1.56. The van der Waals surface area contributed by atoms with Crippen LogP contribution >= 0.6 is 11.6 Å². The predicted molar refractivity (Wildman–Crippen MR) is 112 cm³/mol. The molecule has 152 valence electrons. The Morgan fingerprint density at radius 2 is 1.75 bits per heavy atom. The summed E-state index contributed by atoms with van der Waals surface area (Å²) in [7, 11) is -0.363. The molecule has 9 heteroatoms. The van der Waals surface area contributed by atoms with Crippen molar-refractivity contribution in [2.45, 2.75) is 18.0 Å². The number of nitrogens with one attached hydrogen (secondary N) is 3. The summed E-state index contributed by atoms with van der Waals surface area (Å²) in [4.78, 5) is 4.40. The molecule has 0 aromatic heterocycles. The van der Waals surface area contributed by atoms with Crippen LogP contribution in [-0.4, -0.2) is 41.7 Å². The first-order valence-corrected chi connectivity index (χ1v) is 10.6. The molecule has 0 aliphatic rings. The van der Waals surface area contributed by atoms with Crippen LogP contribution in [-0.2, 0) is 27.8 Å². The minimum Gasteiger partial charge on any atom is -0.383 e. The average molecular weight is 425 g/mol. The van der Waals surface area contributed by atoms with Crippen molar-refractivity contribution in [3.05, 3.63) is 64.7 Å². The average Bonchev–Trinajstić information content (AvgIpc) is 2.70. The van der Waals surface area contributed by atoms with Crippen LogP contribution in [0.3, 0.4) is 0 Å². The van der Waals surface area contributed by atoms with Crippen LogP contribution in [0.25, 0.3) is 0 Å². The Kier molecular flexibility index (Phi) is 8.72. The molecule has 0 aliphatic heterocycles. The molecule has 2 rings (SSSR count). The zero-order valence-corrected chi connectivity index (χ0v) is 17.5. The largest absolute Gasteiger partial charge is 0.383 e. The summed E-state index contributed by atoms with van der Waals surface area (Å²) in [5.41, 5.74) is 1.90. The lowest BCUT2D eigenvalue weighted by molar-refractivity contribution is 0.204. The van der Waals surface area contributed by atoms with Crippen LogP contribution in [0.15, 0.2) is 58.4 Å². The van der Waals surface area contributed by atoms with E-state index in [9.17, 15) is 8.42 Å². The lowest BCUT2D eigenvalue weighted by Gasteiger charge is -2.13. The molecule has 0 amide bonds. The number of guanidine groups is 1. The molecule has 0 bridgehead atoms. The fourth-order valence-corrected chi connectivity index (χ4v) is 3.59. The molecule has 0 fully saturated rings. The highest BCUT2D eigenvalue weighted by molar-refractivity contribution is 7.89. The van der Waals surface area contributed by atoms with Gasteiger partial charge in [-0.1, -0.05) is 35.9 Å². The Morgan fingerprint density at radius 1 is 1.07 bits per heavy atom. The van der Waals surface area contributed by atoms with Gasteiger partial charge in [-0.2, -0.15) is 0 Å². The van der Waals surface area contributed by atoms with Crippen molar-refractivity contribution in [1.82, 2.24) is 15.4 Å². The number of sulfonamides is 1. The smallest absolute Gasteiger partial charge is 0.240 e. The summed E-state index contributed by atoms with van der Waals surface area (Å²) >= 11 is 5.89. The number of ether oxygens (including phenoxy) is 1. The summed E-state index contributed by atoms with van der Waals surface area (Å²) in [5, 5.41) is 7.07. The van der Waals surface area contributed by atoms with Gasteiger partial charge in [-0.3, -0.25) is 4.99 Å². The number of aliphatic imine (C=N–C) groups is 1. The van der Waals surface area contributed by atoms with Crippen molar-refractivity contribution in [2.24, 2.45) is 4.99 Å². The number of benzene rings is 2. The molecule has 3 N–H and O–H groups in total. The molecular formula is C19H25ClN4O3S. The Balaban J connectivity index is 1.92. The SMILES string of the molecule is CN=C(NCc1ccc(Cl)cc1)NCc1cccc(S(=O)(=O)NCCOC)c1. The van der Waals surface area contributed by atoms with E-state index in [2.05, 4.69) is 20.3 Å². The van der Waals surface area contributed by atoms with E-state index in [0.717, 1.165) is 11.1 Å². The van der Waals surface area contributed by atoms with Crippen LogP contribution in [0.1, 0.15) is 11.1 Å². The normalized spacial score (nSPS) is 12.0. The van der Waals surface area contributed by atoms with Gasteiger partial charge >= 0.3 is 0 Å². The van der Waals surface area contributed by atoms with Crippen LogP contribution in [0, 0.1) is 0 Å².